The summed E-state index contributed by atoms with van der Waals surface area (Å²) in [5.41, 5.74) is -1.25. The number of halogens is 6. The van der Waals surface area contributed by atoms with E-state index in [4.69, 9.17) is 9.26 Å². The van der Waals surface area contributed by atoms with Crippen LogP contribution in [0.5, 0.6) is 0 Å². The maximum atomic E-state index is 14.6. The number of nitrogens with zero attached hydrogens (tertiary/aromatic N) is 3. The number of carbonyl (C=O) groups is 4. The van der Waals surface area contributed by atoms with Crippen LogP contribution in [0.4, 0.5) is 26.3 Å². The highest BCUT2D eigenvalue weighted by Gasteiger charge is 2.44. The van der Waals surface area contributed by atoms with Gasteiger partial charge in [-0.1, -0.05) is 19.0 Å². The lowest BCUT2D eigenvalue weighted by molar-refractivity contribution is -0.153. The van der Waals surface area contributed by atoms with E-state index in [1.165, 1.54) is 25.3 Å². The lowest BCUT2D eigenvalue weighted by Crippen LogP contribution is -2.35. The van der Waals surface area contributed by atoms with E-state index in [0.29, 0.717) is 5.56 Å². The molecule has 16 heteroatoms. The van der Waals surface area contributed by atoms with Crippen molar-refractivity contribution in [3.8, 4) is 11.3 Å². The molecule has 10 nitrogen and oxygen atoms in total. The van der Waals surface area contributed by atoms with Gasteiger partial charge in [0.05, 0.1) is 31.0 Å². The quantitative estimate of drug-likeness (QED) is 0.0663. The summed E-state index contributed by atoms with van der Waals surface area (Å²) >= 11 is 0. The van der Waals surface area contributed by atoms with Gasteiger partial charge in [0.15, 0.2) is 17.2 Å². The van der Waals surface area contributed by atoms with Crippen LogP contribution in [0.25, 0.3) is 11.3 Å². The summed E-state index contributed by atoms with van der Waals surface area (Å²) in [5, 5.41) is 3.60. The van der Waals surface area contributed by atoms with Crippen LogP contribution in [-0.4, -0.2) is 63.7 Å². The zero-order valence-electron chi connectivity index (χ0n) is 29.1. The predicted molar refractivity (Wildman–Crippen MR) is 172 cm³/mol. The van der Waals surface area contributed by atoms with Gasteiger partial charge in [-0.3, -0.25) is 19.6 Å². The molecule has 0 amide bonds. The van der Waals surface area contributed by atoms with Gasteiger partial charge in [-0.15, -0.1) is 0 Å². The first kappa shape index (κ1) is 40.1. The van der Waals surface area contributed by atoms with Gasteiger partial charge in [0.1, 0.15) is 11.6 Å². The minimum absolute atomic E-state index is 0.00126. The molecule has 2 saturated carbocycles. The number of ketones is 2. The molecule has 0 radical (unpaired) electrons. The molecule has 3 aromatic rings. The minimum atomic E-state index is -2.75. The highest BCUT2D eigenvalue weighted by Crippen LogP contribution is 2.46. The summed E-state index contributed by atoms with van der Waals surface area (Å²) in [6.07, 6.45) is 0.994. The number of carbonyl (C=O) groups excluding carboxylic acids is 4. The third-order valence-corrected chi connectivity index (χ3v) is 9.42. The smallest absolute Gasteiger partial charge is 0.375 e. The van der Waals surface area contributed by atoms with Crippen LogP contribution < -0.4 is 0 Å². The molecule has 52 heavy (non-hydrogen) atoms. The SMILES string of the molecule is CCOC(=O)C(=O)CC(=O)c1cnc(C2(C)CCC(F)(F)CC2)c(F)c1.CCOC(=O)c1cc(-c2cnc(C3(C)CCC(F)(F)CC3)c(F)c2)on1. The third-order valence-electron chi connectivity index (χ3n) is 9.42. The Labute approximate surface area is 295 Å². The Hall–Kier alpha value is -4.63. The fourth-order valence-electron chi connectivity index (χ4n) is 6.10. The number of rotatable bonds is 10. The molecule has 0 saturated heterocycles. The zero-order valence-corrected chi connectivity index (χ0v) is 29.1. The van der Waals surface area contributed by atoms with Gasteiger partial charge in [0.2, 0.25) is 17.6 Å². The van der Waals surface area contributed by atoms with Gasteiger partial charge < -0.3 is 14.0 Å². The molecule has 0 spiro atoms. The van der Waals surface area contributed by atoms with Crippen LogP contribution in [0.15, 0.2) is 35.1 Å². The first-order chi connectivity index (χ1) is 24.3. The van der Waals surface area contributed by atoms with Crippen molar-refractivity contribution < 1.29 is 59.5 Å². The second-order valence-electron chi connectivity index (χ2n) is 13.5. The molecule has 0 unspecified atom stereocenters. The average Bonchev–Trinajstić information content (AvgIpc) is 3.59. The van der Waals surface area contributed by atoms with Gasteiger partial charge in [-0.25, -0.2) is 35.9 Å². The summed E-state index contributed by atoms with van der Waals surface area (Å²) in [7, 11) is 0. The number of Topliss-reactive ketones (excluding diaryl/α,β-unsaturated/α-hetero) is 2. The monoisotopic (exact) mass is 739 g/mol. The van der Waals surface area contributed by atoms with Gasteiger partial charge >= 0.3 is 11.9 Å². The molecule has 0 aliphatic heterocycles. The molecular weight excluding hydrogens is 700 g/mol. The first-order valence-electron chi connectivity index (χ1n) is 16.8. The van der Waals surface area contributed by atoms with Crippen molar-refractivity contribution in [2.75, 3.05) is 13.2 Å². The Morgan fingerprint density at radius 2 is 1.23 bits per heavy atom. The molecule has 3 heterocycles. The highest BCUT2D eigenvalue weighted by atomic mass is 19.3. The molecule has 282 valence electrons. The summed E-state index contributed by atoms with van der Waals surface area (Å²) in [6.45, 7) is 6.80. The highest BCUT2D eigenvalue weighted by molar-refractivity contribution is 6.38. The Kier molecular flexibility index (Phi) is 12.3. The molecule has 0 atom stereocenters. The fraction of sp³-hybridized carbons (Fsp3) is 0.528. The molecule has 0 N–H and O–H groups in total. The first-order valence-corrected chi connectivity index (χ1v) is 16.8. The lowest BCUT2D eigenvalue weighted by Gasteiger charge is -2.36. The Balaban J connectivity index is 0.000000233. The second kappa shape index (κ2) is 15.9. The molecule has 3 aromatic heterocycles. The molecule has 0 aromatic carbocycles. The lowest BCUT2D eigenvalue weighted by atomic mass is 9.71. The maximum Gasteiger partial charge on any atom is 0.375 e. The number of esters is 2. The van der Waals surface area contributed by atoms with Crippen LogP contribution >= 0.6 is 0 Å². The van der Waals surface area contributed by atoms with E-state index in [0.717, 1.165) is 12.3 Å². The topological polar surface area (TPSA) is 139 Å². The van der Waals surface area contributed by atoms with E-state index in [-0.39, 0.29) is 93.0 Å². The van der Waals surface area contributed by atoms with E-state index in [9.17, 15) is 45.5 Å². The van der Waals surface area contributed by atoms with Crippen molar-refractivity contribution in [1.29, 1.82) is 0 Å². The number of hydrogen-bond acceptors (Lipinski definition) is 10. The Morgan fingerprint density at radius 3 is 1.71 bits per heavy atom. The summed E-state index contributed by atoms with van der Waals surface area (Å²) < 4.78 is 97.0. The number of hydrogen-bond donors (Lipinski definition) is 0. The van der Waals surface area contributed by atoms with E-state index in [2.05, 4.69) is 19.9 Å². The zero-order chi connectivity index (χ0) is 38.5. The van der Waals surface area contributed by atoms with Crippen LogP contribution in [0, 0.1) is 11.6 Å². The Morgan fingerprint density at radius 1 is 0.731 bits per heavy atom. The molecular formula is C36H39F6N3O7. The molecule has 0 bridgehead atoms. The van der Waals surface area contributed by atoms with Crippen molar-refractivity contribution >= 4 is 23.5 Å². The Bertz CT molecular complexity index is 1790. The normalized spacial score (nSPS) is 18.3. The van der Waals surface area contributed by atoms with Gasteiger partial charge in [0.25, 0.3) is 0 Å². The molecule has 2 fully saturated rings. The largest absolute Gasteiger partial charge is 0.461 e. The van der Waals surface area contributed by atoms with Crippen molar-refractivity contribution in [1.82, 2.24) is 15.1 Å². The van der Waals surface area contributed by atoms with Gasteiger partial charge in [0, 0.05) is 66.1 Å². The second-order valence-corrected chi connectivity index (χ2v) is 13.5. The van der Waals surface area contributed by atoms with E-state index in [1.54, 1.807) is 20.8 Å². The van der Waals surface area contributed by atoms with Gasteiger partial charge in [-0.2, -0.15) is 0 Å². The summed E-state index contributed by atoms with van der Waals surface area (Å²) in [6, 6.07) is 3.49. The van der Waals surface area contributed by atoms with Crippen LogP contribution in [0.3, 0.4) is 0 Å². The summed E-state index contributed by atoms with van der Waals surface area (Å²) in [4.78, 5) is 54.6. The van der Waals surface area contributed by atoms with Crippen molar-refractivity contribution in [2.24, 2.45) is 0 Å². The molecule has 2 aliphatic carbocycles. The average molecular weight is 740 g/mol. The third kappa shape index (κ3) is 9.62. The van der Waals surface area contributed by atoms with E-state index in [1.807, 2.05) is 0 Å². The van der Waals surface area contributed by atoms with Crippen molar-refractivity contribution in [3.05, 3.63) is 64.9 Å². The standard InChI is InChI=1S/C18H19F3N2O3.C18H20F3NO4/c1-3-25-16(24)13-9-14(26-23-13)11-8-12(19)15(22-10-11)17(2)4-6-18(20,21)7-5-17;1-3-26-16(25)14(24)9-13(23)11-8-12(19)15(22-10-11)17(2)4-6-18(20,21)7-5-17/h8-10H,3-7H2,1-2H3;8,10H,3-7,9H2,1-2H3. The minimum Gasteiger partial charge on any atom is -0.461 e. The fourth-order valence-corrected chi connectivity index (χ4v) is 6.10. The number of ether oxygens (including phenoxy) is 2. The van der Waals surface area contributed by atoms with E-state index >= 15 is 0 Å². The van der Waals surface area contributed by atoms with Crippen LogP contribution in [-0.2, 0) is 29.9 Å². The van der Waals surface area contributed by atoms with Crippen LogP contribution in [0.2, 0.25) is 0 Å². The summed E-state index contributed by atoms with van der Waals surface area (Å²) in [5.74, 6) is -10.2. The van der Waals surface area contributed by atoms with Crippen molar-refractivity contribution in [3.63, 3.8) is 0 Å². The van der Waals surface area contributed by atoms with Gasteiger partial charge in [-0.05, 0) is 51.7 Å². The molecule has 5 rings (SSSR count). The number of alkyl halides is 4. The van der Waals surface area contributed by atoms with Crippen LogP contribution in [0.1, 0.15) is 118 Å². The molecule has 2 aliphatic rings. The maximum absolute atomic E-state index is 14.6. The predicted octanol–water partition coefficient (Wildman–Crippen LogP) is 7.91. The van der Waals surface area contributed by atoms with Crippen molar-refractivity contribution in [2.45, 2.75) is 108 Å². The van der Waals surface area contributed by atoms with E-state index < -0.39 is 64.2 Å². The number of pyridine rings is 2. The number of aromatic nitrogens is 3.